The minimum atomic E-state index is -4.57. The van der Waals surface area contributed by atoms with Crippen LogP contribution in [-0.4, -0.2) is 71.0 Å². The molecule has 0 atom stereocenters. The van der Waals surface area contributed by atoms with Gasteiger partial charge in [-0.3, -0.25) is 14.6 Å². The van der Waals surface area contributed by atoms with Crippen molar-refractivity contribution in [2.45, 2.75) is 12.7 Å². The summed E-state index contributed by atoms with van der Waals surface area (Å²) in [6.07, 6.45) is -1.66. The molecule has 0 saturated carbocycles. The normalized spacial score (nSPS) is 11.2. The molecule has 2 N–H and O–H groups in total. The van der Waals surface area contributed by atoms with Crippen molar-refractivity contribution in [2.75, 3.05) is 33.0 Å². The fraction of sp³-hybridized carbons (Fsp3) is 0.318. The largest absolute Gasteiger partial charge is 0.489 e. The number of benzene rings is 1. The van der Waals surface area contributed by atoms with Crippen LogP contribution in [0.5, 0.6) is 5.75 Å². The highest BCUT2D eigenvalue weighted by molar-refractivity contribution is 5.95. The summed E-state index contributed by atoms with van der Waals surface area (Å²) in [5.74, 6) is -1.42. The molecular weight excluding hydrogens is 488 g/mol. The van der Waals surface area contributed by atoms with Gasteiger partial charge >= 0.3 is 6.18 Å². The van der Waals surface area contributed by atoms with Gasteiger partial charge in [0, 0.05) is 11.8 Å². The molecule has 2 heterocycles. The van der Waals surface area contributed by atoms with Gasteiger partial charge in [0.15, 0.2) is 5.69 Å². The van der Waals surface area contributed by atoms with Gasteiger partial charge in [-0.1, -0.05) is 11.3 Å². The molecule has 0 aliphatic heterocycles. The first kappa shape index (κ1) is 26.5. The number of ether oxygens (including phenoxy) is 2. The van der Waals surface area contributed by atoms with E-state index < -0.39 is 31.2 Å². The maximum atomic E-state index is 12.4. The number of hydrogen-bond donors (Lipinski definition) is 2. The van der Waals surface area contributed by atoms with Gasteiger partial charge in [0.25, 0.3) is 11.8 Å². The van der Waals surface area contributed by atoms with Crippen molar-refractivity contribution in [3.63, 3.8) is 0 Å². The third kappa shape index (κ3) is 8.01. The second kappa shape index (κ2) is 12.6. The predicted octanol–water partition coefficient (Wildman–Crippen LogP) is 2.25. The number of nitrogens with zero attached hydrogens (tertiary/aromatic N) is 4. The van der Waals surface area contributed by atoms with Crippen molar-refractivity contribution in [1.29, 1.82) is 0 Å². The summed E-state index contributed by atoms with van der Waals surface area (Å²) in [7, 11) is 0. The third-order valence-corrected chi connectivity index (χ3v) is 4.51. The molecule has 0 aliphatic carbocycles. The van der Waals surface area contributed by atoms with Crippen molar-refractivity contribution in [1.82, 2.24) is 30.6 Å². The highest BCUT2D eigenvalue weighted by atomic mass is 19.4. The van der Waals surface area contributed by atoms with Crippen LogP contribution in [0, 0.1) is 0 Å². The van der Waals surface area contributed by atoms with E-state index in [1.807, 2.05) is 0 Å². The van der Waals surface area contributed by atoms with Crippen LogP contribution < -0.4 is 15.4 Å². The zero-order valence-electron chi connectivity index (χ0n) is 18.8. The summed E-state index contributed by atoms with van der Waals surface area (Å²) < 4.78 is 61.4. The predicted molar refractivity (Wildman–Crippen MR) is 117 cm³/mol. The minimum Gasteiger partial charge on any atom is -0.489 e. The van der Waals surface area contributed by atoms with Crippen LogP contribution in [-0.2, 0) is 11.3 Å². The summed E-state index contributed by atoms with van der Waals surface area (Å²) >= 11 is 0. The highest BCUT2D eigenvalue weighted by Crippen LogP contribution is 2.25. The van der Waals surface area contributed by atoms with E-state index in [-0.39, 0.29) is 49.1 Å². The van der Waals surface area contributed by atoms with Crippen LogP contribution in [0.4, 0.5) is 17.6 Å². The number of alkyl halides is 4. The highest BCUT2D eigenvalue weighted by Gasteiger charge is 2.28. The Kier molecular flexibility index (Phi) is 9.27. The Morgan fingerprint density at radius 1 is 1.03 bits per heavy atom. The van der Waals surface area contributed by atoms with Gasteiger partial charge in [0.05, 0.1) is 31.6 Å². The Balaban J connectivity index is 1.75. The fourth-order valence-corrected chi connectivity index (χ4v) is 2.86. The van der Waals surface area contributed by atoms with Gasteiger partial charge in [-0.15, -0.1) is 5.10 Å². The molecule has 0 radical (unpaired) electrons. The van der Waals surface area contributed by atoms with Crippen LogP contribution in [0.15, 0.2) is 48.8 Å². The van der Waals surface area contributed by atoms with E-state index in [4.69, 9.17) is 9.47 Å². The maximum Gasteiger partial charge on any atom is 0.405 e. The van der Waals surface area contributed by atoms with Crippen molar-refractivity contribution >= 4 is 11.8 Å². The molecule has 0 bridgehead atoms. The third-order valence-electron chi connectivity index (χ3n) is 4.51. The molecule has 0 fully saturated rings. The molecule has 1 aromatic carbocycles. The summed E-state index contributed by atoms with van der Waals surface area (Å²) in [6, 6.07) is 9.14. The second-order valence-corrected chi connectivity index (χ2v) is 7.18. The number of halogens is 4. The van der Waals surface area contributed by atoms with E-state index >= 15 is 0 Å². The standard InChI is InChI=1S/C22H22F4N6O4/c23-6-8-35-9-10-36-19-11-15(20(33)29-14-22(24,25)26)4-5-18(19)32-13-17(30-31-32)21(34)28-12-16-3-1-2-7-27-16/h1-5,7,11,13H,6,8-10,12,14H2,(H,28,34)(H,29,33). The number of rotatable bonds is 12. The molecule has 0 unspecified atom stereocenters. The quantitative estimate of drug-likeness (QED) is 0.283. The Bertz CT molecular complexity index is 1160. The number of amides is 2. The number of pyridine rings is 1. The van der Waals surface area contributed by atoms with E-state index in [0.717, 1.165) is 0 Å². The first-order valence-corrected chi connectivity index (χ1v) is 10.6. The van der Waals surface area contributed by atoms with Crippen LogP contribution in [0.25, 0.3) is 5.69 Å². The Morgan fingerprint density at radius 3 is 2.58 bits per heavy atom. The topological polar surface area (TPSA) is 120 Å². The van der Waals surface area contributed by atoms with Crippen molar-refractivity contribution < 1.29 is 36.6 Å². The molecule has 192 valence electrons. The zero-order chi connectivity index (χ0) is 26.0. The fourth-order valence-electron chi connectivity index (χ4n) is 2.86. The molecule has 0 saturated heterocycles. The van der Waals surface area contributed by atoms with Crippen molar-refractivity contribution in [3.05, 3.63) is 65.7 Å². The average molecular weight is 510 g/mol. The number of aromatic nitrogens is 4. The van der Waals surface area contributed by atoms with Gasteiger partial charge in [-0.2, -0.15) is 13.2 Å². The van der Waals surface area contributed by atoms with E-state index in [1.54, 1.807) is 29.7 Å². The SMILES string of the molecule is O=C(NCC(F)(F)F)c1ccc(-n2cc(C(=O)NCc3ccccn3)nn2)c(OCCOCCF)c1. The van der Waals surface area contributed by atoms with E-state index in [1.165, 1.54) is 29.1 Å². The number of carbonyl (C=O) groups excluding carboxylic acids is 2. The number of carbonyl (C=O) groups is 2. The number of hydrogen-bond acceptors (Lipinski definition) is 7. The Hall–Kier alpha value is -4.07. The molecule has 3 aromatic rings. The molecule has 0 aliphatic rings. The average Bonchev–Trinajstić information content (AvgIpc) is 3.36. The first-order chi connectivity index (χ1) is 17.3. The monoisotopic (exact) mass is 510 g/mol. The van der Waals surface area contributed by atoms with Crippen molar-refractivity contribution in [2.24, 2.45) is 0 Å². The zero-order valence-corrected chi connectivity index (χ0v) is 18.8. The summed E-state index contributed by atoms with van der Waals surface area (Å²) in [6.45, 7) is -2.16. The second-order valence-electron chi connectivity index (χ2n) is 7.18. The molecule has 0 spiro atoms. The lowest BCUT2D eigenvalue weighted by Crippen LogP contribution is -2.33. The molecule has 10 nitrogen and oxygen atoms in total. The Morgan fingerprint density at radius 2 is 1.86 bits per heavy atom. The summed E-state index contributed by atoms with van der Waals surface area (Å²) in [4.78, 5) is 28.7. The van der Waals surface area contributed by atoms with Gasteiger partial charge in [-0.25, -0.2) is 9.07 Å². The number of nitrogens with one attached hydrogen (secondary N) is 2. The molecule has 3 rings (SSSR count). The minimum absolute atomic E-state index is 0.0184. The molecule has 2 aromatic heterocycles. The van der Waals surface area contributed by atoms with Crippen LogP contribution >= 0.6 is 0 Å². The first-order valence-electron chi connectivity index (χ1n) is 10.6. The Labute approximate surface area is 202 Å². The van der Waals surface area contributed by atoms with Crippen LogP contribution in [0.2, 0.25) is 0 Å². The van der Waals surface area contributed by atoms with Gasteiger partial charge < -0.3 is 20.1 Å². The summed E-state index contributed by atoms with van der Waals surface area (Å²) in [5, 5.41) is 12.2. The lowest BCUT2D eigenvalue weighted by molar-refractivity contribution is -0.123. The molecule has 2 amide bonds. The molecule has 36 heavy (non-hydrogen) atoms. The van der Waals surface area contributed by atoms with Crippen molar-refractivity contribution in [3.8, 4) is 11.4 Å². The van der Waals surface area contributed by atoms with E-state index in [9.17, 15) is 27.2 Å². The van der Waals surface area contributed by atoms with E-state index in [0.29, 0.717) is 5.69 Å². The van der Waals surface area contributed by atoms with Gasteiger partial charge in [-0.05, 0) is 30.3 Å². The smallest absolute Gasteiger partial charge is 0.405 e. The van der Waals surface area contributed by atoms with Crippen LogP contribution in [0.1, 0.15) is 26.5 Å². The van der Waals surface area contributed by atoms with E-state index in [2.05, 4.69) is 20.6 Å². The maximum absolute atomic E-state index is 12.4. The van der Waals surface area contributed by atoms with Gasteiger partial charge in [0.1, 0.15) is 31.3 Å². The summed E-state index contributed by atoms with van der Waals surface area (Å²) in [5.41, 5.74) is 0.777. The van der Waals surface area contributed by atoms with Crippen LogP contribution in [0.3, 0.4) is 0 Å². The lowest BCUT2D eigenvalue weighted by Gasteiger charge is -2.14. The van der Waals surface area contributed by atoms with Gasteiger partial charge in [0.2, 0.25) is 0 Å². The molecular formula is C22H22F4N6O4. The molecule has 14 heteroatoms. The lowest BCUT2D eigenvalue weighted by atomic mass is 10.1.